The molecule has 0 spiro atoms. The summed E-state index contributed by atoms with van der Waals surface area (Å²) in [5.74, 6) is -0.353. The van der Waals surface area contributed by atoms with Crippen LogP contribution in [0, 0.1) is 0 Å². The molecule has 1 amide bonds. The number of rotatable bonds is 7. The van der Waals surface area contributed by atoms with E-state index in [9.17, 15) is 13.8 Å². The van der Waals surface area contributed by atoms with Gasteiger partial charge in [-0.05, 0) is 35.9 Å². The smallest absolute Gasteiger partial charge is 0.319 e. The van der Waals surface area contributed by atoms with E-state index in [-0.39, 0.29) is 18.3 Å². The van der Waals surface area contributed by atoms with Crippen LogP contribution in [-0.2, 0) is 31.5 Å². The minimum atomic E-state index is -1.13. The lowest BCUT2D eigenvalue weighted by atomic mass is 10.1. The number of amides is 1. The Kier molecular flexibility index (Phi) is 7.59. The molecular formula is C22H27N3O4S. The Morgan fingerprint density at radius 2 is 1.70 bits per heavy atom. The van der Waals surface area contributed by atoms with Crippen molar-refractivity contribution in [3.63, 3.8) is 0 Å². The molecule has 0 unspecified atom stereocenters. The number of anilines is 2. The van der Waals surface area contributed by atoms with Crippen LogP contribution in [0.3, 0.4) is 0 Å². The third kappa shape index (κ3) is 5.90. The lowest BCUT2D eigenvalue weighted by Gasteiger charge is -2.35. The highest BCUT2D eigenvalue weighted by atomic mass is 32.2. The van der Waals surface area contributed by atoms with Crippen LogP contribution in [0.25, 0.3) is 0 Å². The van der Waals surface area contributed by atoms with Crippen molar-refractivity contribution in [2.24, 2.45) is 0 Å². The average molecular weight is 430 g/mol. The van der Waals surface area contributed by atoms with Crippen LogP contribution in [0.1, 0.15) is 5.56 Å². The molecule has 1 fully saturated rings. The summed E-state index contributed by atoms with van der Waals surface area (Å²) in [4.78, 5) is 28.9. The van der Waals surface area contributed by atoms with Gasteiger partial charge in [-0.3, -0.25) is 18.7 Å². The highest BCUT2D eigenvalue weighted by Gasteiger charge is 2.19. The van der Waals surface area contributed by atoms with E-state index in [0.717, 1.165) is 43.1 Å². The minimum Gasteiger partial charge on any atom is -0.468 e. The molecule has 0 radical (unpaired) electrons. The van der Waals surface area contributed by atoms with E-state index < -0.39 is 10.8 Å². The maximum absolute atomic E-state index is 12.4. The fraction of sp³-hybridized carbons (Fsp3) is 0.364. The predicted octanol–water partition coefficient (Wildman–Crippen LogP) is 1.90. The second kappa shape index (κ2) is 10.4. The van der Waals surface area contributed by atoms with Crippen molar-refractivity contribution >= 4 is 34.1 Å². The second-order valence-corrected chi connectivity index (χ2v) is 8.52. The SMILES string of the molecule is COC(=O)CN1CCN(c2ccc(NC(=O)Cc3ccccc3[S@](C)=O)cc2)CC1. The summed E-state index contributed by atoms with van der Waals surface area (Å²) in [5.41, 5.74) is 2.58. The Hall–Kier alpha value is -2.71. The fourth-order valence-electron chi connectivity index (χ4n) is 3.48. The third-order valence-electron chi connectivity index (χ3n) is 5.10. The average Bonchev–Trinajstić information content (AvgIpc) is 2.75. The topological polar surface area (TPSA) is 79.0 Å². The summed E-state index contributed by atoms with van der Waals surface area (Å²) in [6.07, 6.45) is 1.80. The molecule has 0 aliphatic carbocycles. The summed E-state index contributed by atoms with van der Waals surface area (Å²) >= 11 is 0. The summed E-state index contributed by atoms with van der Waals surface area (Å²) in [6, 6.07) is 15.0. The van der Waals surface area contributed by atoms with E-state index in [0.29, 0.717) is 11.4 Å². The van der Waals surface area contributed by atoms with Crippen LogP contribution in [-0.4, -0.2) is 67.1 Å². The van der Waals surface area contributed by atoms with Gasteiger partial charge in [-0.1, -0.05) is 18.2 Å². The Labute approximate surface area is 179 Å². The van der Waals surface area contributed by atoms with Gasteiger partial charge in [-0.25, -0.2) is 0 Å². The second-order valence-electron chi connectivity index (χ2n) is 7.17. The van der Waals surface area contributed by atoms with E-state index in [1.807, 2.05) is 42.5 Å². The number of esters is 1. The van der Waals surface area contributed by atoms with Gasteiger partial charge in [0.15, 0.2) is 0 Å². The van der Waals surface area contributed by atoms with E-state index in [4.69, 9.17) is 4.74 Å². The zero-order chi connectivity index (χ0) is 21.5. The molecule has 1 N–H and O–H groups in total. The number of piperazine rings is 1. The van der Waals surface area contributed by atoms with Gasteiger partial charge in [0.1, 0.15) is 0 Å². The van der Waals surface area contributed by atoms with Gasteiger partial charge in [0.05, 0.1) is 30.9 Å². The van der Waals surface area contributed by atoms with Gasteiger partial charge < -0.3 is 15.0 Å². The highest BCUT2D eigenvalue weighted by molar-refractivity contribution is 7.84. The monoisotopic (exact) mass is 429 g/mol. The number of hydrogen-bond donors (Lipinski definition) is 1. The zero-order valence-electron chi connectivity index (χ0n) is 17.3. The predicted molar refractivity (Wildman–Crippen MR) is 118 cm³/mol. The Morgan fingerprint density at radius 1 is 1.03 bits per heavy atom. The molecule has 2 aromatic carbocycles. The van der Waals surface area contributed by atoms with Crippen molar-refractivity contribution in [3.8, 4) is 0 Å². The minimum absolute atomic E-state index is 0.142. The first kappa shape index (κ1) is 22.0. The van der Waals surface area contributed by atoms with E-state index in [2.05, 4.69) is 15.1 Å². The molecule has 3 rings (SSSR count). The number of methoxy groups -OCH3 is 1. The molecule has 0 aromatic heterocycles. The van der Waals surface area contributed by atoms with Gasteiger partial charge >= 0.3 is 5.97 Å². The molecule has 1 heterocycles. The molecule has 2 aromatic rings. The normalized spacial score (nSPS) is 15.5. The molecule has 1 aliphatic rings. The largest absolute Gasteiger partial charge is 0.468 e. The molecule has 0 saturated carbocycles. The van der Waals surface area contributed by atoms with Crippen LogP contribution in [0.5, 0.6) is 0 Å². The number of carbonyl (C=O) groups is 2. The van der Waals surface area contributed by atoms with E-state index >= 15 is 0 Å². The van der Waals surface area contributed by atoms with Gasteiger partial charge in [-0.2, -0.15) is 0 Å². The maximum atomic E-state index is 12.4. The molecule has 30 heavy (non-hydrogen) atoms. The molecule has 1 atom stereocenters. The molecule has 160 valence electrons. The van der Waals surface area contributed by atoms with Crippen molar-refractivity contribution in [1.29, 1.82) is 0 Å². The third-order valence-corrected chi connectivity index (χ3v) is 6.12. The van der Waals surface area contributed by atoms with E-state index in [1.54, 1.807) is 12.3 Å². The number of benzene rings is 2. The molecular weight excluding hydrogens is 402 g/mol. The molecule has 1 saturated heterocycles. The summed E-state index contributed by atoms with van der Waals surface area (Å²) in [7, 11) is 0.274. The summed E-state index contributed by atoms with van der Waals surface area (Å²) in [6.45, 7) is 3.57. The highest BCUT2D eigenvalue weighted by Crippen LogP contribution is 2.20. The number of ether oxygens (including phenoxy) is 1. The number of nitrogens with zero attached hydrogens (tertiary/aromatic N) is 2. The lowest BCUT2D eigenvalue weighted by molar-refractivity contribution is -0.142. The first-order valence-corrected chi connectivity index (χ1v) is 11.4. The summed E-state index contributed by atoms with van der Waals surface area (Å²) in [5, 5.41) is 2.91. The quantitative estimate of drug-likeness (QED) is 0.678. The van der Waals surface area contributed by atoms with Gasteiger partial charge in [0, 0.05) is 48.7 Å². The van der Waals surface area contributed by atoms with Crippen molar-refractivity contribution < 1.29 is 18.5 Å². The molecule has 0 bridgehead atoms. The van der Waals surface area contributed by atoms with Gasteiger partial charge in [-0.15, -0.1) is 0 Å². The first-order chi connectivity index (χ1) is 14.5. The Bertz CT molecular complexity index is 909. The summed E-state index contributed by atoms with van der Waals surface area (Å²) < 4.78 is 16.6. The number of nitrogens with one attached hydrogen (secondary N) is 1. The molecule has 1 aliphatic heterocycles. The molecule has 7 nitrogen and oxygen atoms in total. The Morgan fingerprint density at radius 3 is 2.33 bits per heavy atom. The van der Waals surface area contributed by atoms with Crippen LogP contribution in [0.2, 0.25) is 0 Å². The number of hydrogen-bond acceptors (Lipinski definition) is 6. The van der Waals surface area contributed by atoms with Crippen molar-refractivity contribution in [1.82, 2.24) is 4.90 Å². The first-order valence-electron chi connectivity index (χ1n) is 9.81. The Balaban J connectivity index is 1.53. The van der Waals surface area contributed by atoms with Crippen LogP contribution in [0.15, 0.2) is 53.4 Å². The lowest BCUT2D eigenvalue weighted by Crippen LogP contribution is -2.48. The fourth-order valence-corrected chi connectivity index (χ4v) is 4.25. The zero-order valence-corrected chi connectivity index (χ0v) is 18.1. The number of carbonyl (C=O) groups excluding carboxylic acids is 2. The molecule has 8 heteroatoms. The van der Waals surface area contributed by atoms with Crippen LogP contribution < -0.4 is 10.2 Å². The van der Waals surface area contributed by atoms with Crippen LogP contribution in [0.4, 0.5) is 11.4 Å². The van der Waals surface area contributed by atoms with Gasteiger partial charge in [0.25, 0.3) is 0 Å². The van der Waals surface area contributed by atoms with Crippen molar-refractivity contribution in [2.75, 3.05) is 56.3 Å². The standard InChI is InChI=1S/C22H27N3O4S/c1-29-22(27)16-24-11-13-25(14-12-24)19-9-7-18(8-10-19)23-21(26)15-17-5-3-4-6-20(17)30(2)28/h3-10H,11-16H2,1-2H3,(H,23,26)/t30-/m0/s1. The maximum Gasteiger partial charge on any atom is 0.319 e. The van der Waals surface area contributed by atoms with E-state index in [1.165, 1.54) is 7.11 Å². The van der Waals surface area contributed by atoms with Crippen molar-refractivity contribution in [3.05, 3.63) is 54.1 Å². The van der Waals surface area contributed by atoms with Crippen LogP contribution >= 0.6 is 0 Å². The van der Waals surface area contributed by atoms with Gasteiger partial charge in [0.2, 0.25) is 5.91 Å². The van der Waals surface area contributed by atoms with Crippen molar-refractivity contribution in [2.45, 2.75) is 11.3 Å².